The second-order valence-corrected chi connectivity index (χ2v) is 3.77. The Morgan fingerprint density at radius 2 is 2.13 bits per heavy atom. The van der Waals surface area contributed by atoms with Crippen molar-refractivity contribution < 1.29 is 14.3 Å². The van der Waals surface area contributed by atoms with Crippen LogP contribution in [0.3, 0.4) is 0 Å². The molecule has 1 fully saturated rings. The van der Waals surface area contributed by atoms with Gasteiger partial charge in [-0.05, 0) is 12.1 Å². The van der Waals surface area contributed by atoms with Gasteiger partial charge in [0.05, 0.1) is 12.2 Å². The number of rotatable bonds is 2. The third kappa shape index (κ3) is 2.60. The van der Waals surface area contributed by atoms with E-state index in [2.05, 4.69) is 0 Å². The normalized spacial score (nSPS) is 25.1. The van der Waals surface area contributed by atoms with E-state index in [1.165, 1.54) is 0 Å². The Kier molecular flexibility index (Phi) is 3.06. The summed E-state index contributed by atoms with van der Waals surface area (Å²) in [4.78, 5) is 11.6. The van der Waals surface area contributed by atoms with Crippen molar-refractivity contribution >= 4 is 13.8 Å². The van der Waals surface area contributed by atoms with Crippen LogP contribution in [0.2, 0.25) is 0 Å². The largest absolute Gasteiger partial charge is 0.456 e. The number of ether oxygens (including phenoxy) is 2. The van der Waals surface area contributed by atoms with Crippen LogP contribution in [0.1, 0.15) is 16.8 Å². The molecule has 3 nitrogen and oxygen atoms in total. The summed E-state index contributed by atoms with van der Waals surface area (Å²) < 4.78 is 10.6. The van der Waals surface area contributed by atoms with Crippen LogP contribution >= 0.6 is 0 Å². The second-order valence-electron chi connectivity index (χ2n) is 3.77. The molecule has 0 radical (unpaired) electrons. The summed E-state index contributed by atoms with van der Waals surface area (Å²) in [6.07, 6.45) is 0.700. The molecule has 1 aliphatic rings. The lowest BCUT2D eigenvalue weighted by molar-refractivity contribution is 0.0267. The van der Waals surface area contributed by atoms with Gasteiger partial charge >= 0.3 is 5.97 Å². The highest BCUT2D eigenvalue weighted by atomic mass is 16.6. The fourth-order valence-corrected chi connectivity index (χ4v) is 1.65. The summed E-state index contributed by atoms with van der Waals surface area (Å²) in [5.74, 6) is -0.265. The molecule has 15 heavy (non-hydrogen) atoms. The Morgan fingerprint density at radius 1 is 1.40 bits per heavy atom. The molecular weight excluding hydrogens is 191 g/mol. The number of hydrogen-bond donors (Lipinski definition) is 0. The van der Waals surface area contributed by atoms with Crippen molar-refractivity contribution in [1.29, 1.82) is 0 Å². The highest BCUT2D eigenvalue weighted by Gasteiger charge is 2.25. The molecule has 0 bridgehead atoms. The SMILES string of the molecule is BC1C[C@H](OC(=O)c2ccccc2)CO1. The number of hydrogen-bond acceptors (Lipinski definition) is 3. The molecule has 2 atom stereocenters. The maximum Gasteiger partial charge on any atom is 0.338 e. The summed E-state index contributed by atoms with van der Waals surface area (Å²) in [6, 6.07) is 9.22. The summed E-state index contributed by atoms with van der Waals surface area (Å²) in [7, 11) is 1.98. The Morgan fingerprint density at radius 3 is 2.73 bits per heavy atom. The van der Waals surface area contributed by atoms with Gasteiger partial charge in [0.15, 0.2) is 0 Å². The molecule has 1 saturated heterocycles. The van der Waals surface area contributed by atoms with Gasteiger partial charge in [-0.15, -0.1) is 0 Å². The Balaban J connectivity index is 1.93. The Bertz CT molecular complexity index is 339. The van der Waals surface area contributed by atoms with Crippen LogP contribution in [0.5, 0.6) is 0 Å². The average Bonchev–Trinajstić information content (AvgIpc) is 2.65. The molecule has 78 valence electrons. The van der Waals surface area contributed by atoms with Gasteiger partial charge in [0.25, 0.3) is 0 Å². The lowest BCUT2D eigenvalue weighted by atomic mass is 9.97. The zero-order valence-electron chi connectivity index (χ0n) is 8.68. The summed E-state index contributed by atoms with van der Waals surface area (Å²) in [5.41, 5.74) is 0.594. The summed E-state index contributed by atoms with van der Waals surface area (Å²) in [5, 5.41) is 0. The second kappa shape index (κ2) is 4.49. The Labute approximate surface area is 89.8 Å². The van der Waals surface area contributed by atoms with E-state index in [-0.39, 0.29) is 18.1 Å². The molecule has 0 spiro atoms. The monoisotopic (exact) mass is 204 g/mol. The van der Waals surface area contributed by atoms with Gasteiger partial charge in [0.2, 0.25) is 0 Å². The summed E-state index contributed by atoms with van der Waals surface area (Å²) in [6.45, 7) is 0.514. The maximum atomic E-state index is 11.6. The number of esters is 1. The molecule has 0 aromatic heterocycles. The van der Waals surface area contributed by atoms with Crippen molar-refractivity contribution in [3.8, 4) is 0 Å². The molecule has 1 heterocycles. The lowest BCUT2D eigenvalue weighted by Crippen LogP contribution is -2.18. The minimum atomic E-state index is -0.265. The third-order valence-corrected chi connectivity index (χ3v) is 2.44. The van der Waals surface area contributed by atoms with Crippen molar-refractivity contribution in [3.63, 3.8) is 0 Å². The molecular formula is C11H13BO3. The molecule has 1 aromatic carbocycles. The minimum absolute atomic E-state index is 0.0901. The first kappa shape index (κ1) is 10.2. The summed E-state index contributed by atoms with van der Waals surface area (Å²) >= 11 is 0. The first-order chi connectivity index (χ1) is 7.25. The van der Waals surface area contributed by atoms with E-state index >= 15 is 0 Å². The van der Waals surface area contributed by atoms with E-state index in [4.69, 9.17) is 9.47 Å². The fraction of sp³-hybridized carbons (Fsp3) is 0.364. The van der Waals surface area contributed by atoms with E-state index < -0.39 is 0 Å². The Hall–Kier alpha value is -1.29. The molecule has 1 aliphatic heterocycles. The molecule has 0 N–H and O–H groups in total. The van der Waals surface area contributed by atoms with Gasteiger partial charge in [-0.25, -0.2) is 4.79 Å². The zero-order chi connectivity index (χ0) is 10.7. The van der Waals surface area contributed by atoms with Gasteiger partial charge in [-0.3, -0.25) is 0 Å². The molecule has 4 heteroatoms. The molecule has 0 aliphatic carbocycles. The van der Waals surface area contributed by atoms with Crippen LogP contribution in [0.15, 0.2) is 30.3 Å². The lowest BCUT2D eigenvalue weighted by Gasteiger charge is -2.09. The quantitative estimate of drug-likeness (QED) is 0.522. The van der Waals surface area contributed by atoms with Crippen LogP contribution in [-0.4, -0.2) is 32.5 Å². The van der Waals surface area contributed by atoms with Crippen molar-refractivity contribution in [3.05, 3.63) is 35.9 Å². The van der Waals surface area contributed by atoms with Gasteiger partial charge in [-0.1, -0.05) is 18.2 Å². The predicted molar refractivity (Wildman–Crippen MR) is 58.5 cm³/mol. The molecule has 1 unspecified atom stereocenters. The van der Waals surface area contributed by atoms with Gasteiger partial charge < -0.3 is 9.47 Å². The fourth-order valence-electron chi connectivity index (χ4n) is 1.65. The maximum absolute atomic E-state index is 11.6. The van der Waals surface area contributed by atoms with E-state index in [0.29, 0.717) is 12.2 Å². The van der Waals surface area contributed by atoms with E-state index in [1.54, 1.807) is 12.1 Å². The first-order valence-electron chi connectivity index (χ1n) is 5.13. The molecule has 0 saturated carbocycles. The highest BCUT2D eigenvalue weighted by molar-refractivity contribution is 6.11. The van der Waals surface area contributed by atoms with Gasteiger partial charge in [-0.2, -0.15) is 0 Å². The van der Waals surface area contributed by atoms with Crippen LogP contribution in [-0.2, 0) is 9.47 Å². The number of carbonyl (C=O) groups is 1. The van der Waals surface area contributed by atoms with E-state index in [0.717, 1.165) is 6.42 Å². The topological polar surface area (TPSA) is 35.5 Å². The van der Waals surface area contributed by atoms with Gasteiger partial charge in [0.1, 0.15) is 14.0 Å². The molecule has 1 aromatic rings. The third-order valence-electron chi connectivity index (χ3n) is 2.44. The van der Waals surface area contributed by atoms with E-state index in [9.17, 15) is 4.79 Å². The molecule has 0 amide bonds. The van der Waals surface area contributed by atoms with Crippen LogP contribution in [0, 0.1) is 0 Å². The standard InChI is InChI=1S/C11H13BO3/c12-10-6-9(7-14-10)15-11(13)8-4-2-1-3-5-8/h1-5,9-10H,6-7,12H2/t9-,10?/m0/s1. The van der Waals surface area contributed by atoms with Crippen molar-refractivity contribution in [1.82, 2.24) is 0 Å². The van der Waals surface area contributed by atoms with Crippen LogP contribution in [0.25, 0.3) is 0 Å². The average molecular weight is 204 g/mol. The van der Waals surface area contributed by atoms with Crippen LogP contribution in [0.4, 0.5) is 0 Å². The van der Waals surface area contributed by atoms with Crippen molar-refractivity contribution in [2.24, 2.45) is 0 Å². The first-order valence-corrected chi connectivity index (χ1v) is 5.13. The molecule has 2 rings (SSSR count). The smallest absolute Gasteiger partial charge is 0.338 e. The van der Waals surface area contributed by atoms with E-state index in [1.807, 2.05) is 26.0 Å². The number of carbonyl (C=O) groups excluding carboxylic acids is 1. The predicted octanol–water partition coefficient (Wildman–Crippen LogP) is 0.592. The highest BCUT2D eigenvalue weighted by Crippen LogP contribution is 2.15. The van der Waals surface area contributed by atoms with Crippen molar-refractivity contribution in [2.45, 2.75) is 18.5 Å². The zero-order valence-corrected chi connectivity index (χ0v) is 8.68. The minimum Gasteiger partial charge on any atom is -0.456 e. The van der Waals surface area contributed by atoms with Crippen LogP contribution < -0.4 is 0 Å². The number of benzene rings is 1. The van der Waals surface area contributed by atoms with Gasteiger partial charge in [0, 0.05) is 12.4 Å². The van der Waals surface area contributed by atoms with Crippen molar-refractivity contribution in [2.75, 3.05) is 6.61 Å².